The Morgan fingerprint density at radius 1 is 1.07 bits per heavy atom. The second-order valence-corrected chi connectivity index (χ2v) is 7.44. The van der Waals surface area contributed by atoms with E-state index in [1.165, 1.54) is 0 Å². The Hall–Kier alpha value is -1.95. The summed E-state index contributed by atoms with van der Waals surface area (Å²) in [5.74, 6) is 0.622. The van der Waals surface area contributed by atoms with Gasteiger partial charge < -0.3 is 10.6 Å². The highest BCUT2D eigenvalue weighted by atomic mass is 32.1. The van der Waals surface area contributed by atoms with Crippen LogP contribution in [0.3, 0.4) is 0 Å². The van der Waals surface area contributed by atoms with Crippen LogP contribution in [0.2, 0.25) is 0 Å². The molecule has 144 valence electrons. The monoisotopic (exact) mass is 384 g/mol. The maximum absolute atomic E-state index is 12.3. The average Bonchev–Trinajstić information content (AvgIpc) is 3.48. The predicted molar refractivity (Wildman–Crippen MR) is 113 cm³/mol. The number of benzene rings is 2. The molecule has 0 aliphatic carbocycles. The molecule has 4 nitrogen and oxygen atoms in total. The minimum Gasteiger partial charge on any atom is -0.310 e. The first-order valence-electron chi connectivity index (χ1n) is 9.29. The van der Waals surface area contributed by atoms with Crippen molar-refractivity contribution in [2.75, 3.05) is 13.1 Å². The van der Waals surface area contributed by atoms with Crippen LogP contribution in [-0.4, -0.2) is 36.1 Å². The van der Waals surface area contributed by atoms with Gasteiger partial charge in [-0.15, -0.1) is 12.6 Å². The lowest BCUT2D eigenvalue weighted by molar-refractivity contribution is -0.121. The van der Waals surface area contributed by atoms with Crippen molar-refractivity contribution in [1.29, 1.82) is 0 Å². The Balaban J connectivity index is 0.000000244. The van der Waals surface area contributed by atoms with Gasteiger partial charge in [-0.25, -0.2) is 0 Å². The van der Waals surface area contributed by atoms with Gasteiger partial charge in [0.25, 0.3) is 0 Å². The number of carbonyl (C=O) groups is 2. The number of rotatable bonds is 8. The Kier molecular flexibility index (Phi) is 8.72. The van der Waals surface area contributed by atoms with Crippen LogP contribution < -0.4 is 10.6 Å². The lowest BCUT2D eigenvalue weighted by atomic mass is 9.95. The molecule has 2 N–H and O–H groups in total. The second kappa shape index (κ2) is 11.0. The van der Waals surface area contributed by atoms with E-state index in [9.17, 15) is 9.59 Å². The maximum atomic E-state index is 12.3. The van der Waals surface area contributed by atoms with Crippen molar-refractivity contribution in [3.63, 3.8) is 0 Å². The molecule has 1 saturated heterocycles. The molecule has 0 aromatic heterocycles. The Morgan fingerprint density at radius 3 is 2.07 bits per heavy atom. The van der Waals surface area contributed by atoms with E-state index in [1.807, 2.05) is 48.5 Å². The molecule has 5 heteroatoms. The summed E-state index contributed by atoms with van der Waals surface area (Å²) in [6.07, 6.45) is 0.523. The first-order valence-corrected chi connectivity index (χ1v) is 9.74. The summed E-state index contributed by atoms with van der Waals surface area (Å²) in [4.78, 5) is 22.8. The number of carbonyl (C=O) groups excluding carboxylic acids is 2. The summed E-state index contributed by atoms with van der Waals surface area (Å²) < 4.78 is 0. The summed E-state index contributed by atoms with van der Waals surface area (Å²) in [7, 11) is 0. The van der Waals surface area contributed by atoms with Crippen LogP contribution in [0.15, 0.2) is 60.7 Å². The van der Waals surface area contributed by atoms with Gasteiger partial charge in [-0.3, -0.25) is 9.59 Å². The predicted octanol–water partition coefficient (Wildman–Crippen LogP) is 3.14. The molecule has 27 heavy (non-hydrogen) atoms. The first-order chi connectivity index (χ1) is 13.0. The number of ketones is 1. The molecule has 1 aliphatic heterocycles. The molecule has 0 spiro atoms. The molecule has 2 atom stereocenters. The normalized spacial score (nSPS) is 16.2. The van der Waals surface area contributed by atoms with Crippen molar-refractivity contribution >= 4 is 23.5 Å². The van der Waals surface area contributed by atoms with Crippen LogP contribution in [0.5, 0.6) is 0 Å². The van der Waals surface area contributed by atoms with Crippen LogP contribution in [0.1, 0.15) is 29.8 Å². The molecular formula is C22H28N2O2S. The zero-order valence-electron chi connectivity index (χ0n) is 15.9. The zero-order valence-corrected chi connectivity index (χ0v) is 16.8. The Morgan fingerprint density at radius 2 is 1.63 bits per heavy atom. The number of hydrogen-bond acceptors (Lipinski definition) is 4. The SMILES string of the molecule is CC(C)[C@H](NC[C@H]1CN1)C(=O)Cc1ccccc1.O=C(S)c1ccccc1. The zero-order chi connectivity index (χ0) is 19.6. The van der Waals surface area contributed by atoms with Crippen molar-refractivity contribution in [3.8, 4) is 0 Å². The number of Topliss-reactive ketones (excluding diaryl/α,β-unsaturated/α-hetero) is 1. The molecule has 2 aromatic carbocycles. The standard InChI is InChI=1S/C15H22N2O.C7H6OS/c1-11(2)15(17-10-13-9-16-13)14(18)8-12-6-4-3-5-7-12;8-7(9)6-4-2-1-3-5-6/h3-7,11,13,15-17H,8-10H2,1-2H3;1-5H,(H,8,9)/t13-,15+;/m1./s1. The third kappa shape index (κ3) is 8.08. The molecular weight excluding hydrogens is 356 g/mol. The highest BCUT2D eigenvalue weighted by molar-refractivity contribution is 7.97. The molecule has 0 amide bonds. The minimum absolute atomic E-state index is 0.0346. The fraction of sp³-hybridized carbons (Fsp3) is 0.364. The third-order valence-corrected chi connectivity index (χ3v) is 4.59. The van der Waals surface area contributed by atoms with E-state index in [1.54, 1.807) is 12.1 Å². The first kappa shape index (κ1) is 21.4. The Bertz CT molecular complexity index is 716. The molecule has 0 radical (unpaired) electrons. The molecule has 0 saturated carbocycles. The number of nitrogens with one attached hydrogen (secondary N) is 2. The topological polar surface area (TPSA) is 68.1 Å². The molecule has 1 aliphatic rings. The fourth-order valence-electron chi connectivity index (χ4n) is 2.71. The van der Waals surface area contributed by atoms with Gasteiger partial charge in [0, 0.05) is 31.1 Å². The van der Waals surface area contributed by atoms with E-state index < -0.39 is 0 Å². The summed E-state index contributed by atoms with van der Waals surface area (Å²) in [5, 5.41) is 6.45. The highest BCUT2D eigenvalue weighted by Crippen LogP contribution is 2.09. The number of hydrogen-bond donors (Lipinski definition) is 3. The van der Waals surface area contributed by atoms with Crippen LogP contribution >= 0.6 is 12.6 Å². The summed E-state index contributed by atoms with van der Waals surface area (Å²) >= 11 is 3.65. The lowest BCUT2D eigenvalue weighted by Crippen LogP contribution is -2.43. The summed E-state index contributed by atoms with van der Waals surface area (Å²) in [5.41, 5.74) is 1.74. The highest BCUT2D eigenvalue weighted by Gasteiger charge is 2.26. The minimum atomic E-state index is -0.185. The van der Waals surface area contributed by atoms with Gasteiger partial charge in [-0.05, 0) is 11.5 Å². The fourth-order valence-corrected chi connectivity index (χ4v) is 2.86. The van der Waals surface area contributed by atoms with Crippen LogP contribution in [0, 0.1) is 5.92 Å². The molecule has 2 aromatic rings. The van der Waals surface area contributed by atoms with Gasteiger partial charge in [0.05, 0.1) is 6.04 Å². The van der Waals surface area contributed by atoms with E-state index >= 15 is 0 Å². The second-order valence-electron chi connectivity index (χ2n) is 7.03. The van der Waals surface area contributed by atoms with Gasteiger partial charge in [0.15, 0.2) is 5.78 Å². The van der Waals surface area contributed by atoms with E-state index in [-0.39, 0.29) is 16.9 Å². The van der Waals surface area contributed by atoms with E-state index in [2.05, 4.69) is 37.1 Å². The maximum Gasteiger partial charge on any atom is 0.216 e. The lowest BCUT2D eigenvalue weighted by Gasteiger charge is -2.21. The van der Waals surface area contributed by atoms with Crippen LogP contribution in [-0.2, 0) is 11.2 Å². The largest absolute Gasteiger partial charge is 0.310 e. The molecule has 0 bridgehead atoms. The third-order valence-electron chi connectivity index (χ3n) is 4.33. The van der Waals surface area contributed by atoms with E-state index in [0.29, 0.717) is 23.9 Å². The molecule has 1 heterocycles. The van der Waals surface area contributed by atoms with Gasteiger partial charge in [0.1, 0.15) is 0 Å². The van der Waals surface area contributed by atoms with Gasteiger partial charge in [0.2, 0.25) is 5.12 Å². The molecule has 0 unspecified atom stereocenters. The smallest absolute Gasteiger partial charge is 0.216 e. The average molecular weight is 385 g/mol. The van der Waals surface area contributed by atoms with E-state index in [4.69, 9.17) is 0 Å². The van der Waals surface area contributed by atoms with Crippen molar-refractivity contribution < 1.29 is 9.59 Å². The van der Waals surface area contributed by atoms with Crippen LogP contribution in [0.4, 0.5) is 0 Å². The van der Waals surface area contributed by atoms with Crippen LogP contribution in [0.25, 0.3) is 0 Å². The van der Waals surface area contributed by atoms with Gasteiger partial charge in [-0.2, -0.15) is 0 Å². The van der Waals surface area contributed by atoms with Crippen molar-refractivity contribution in [1.82, 2.24) is 10.6 Å². The van der Waals surface area contributed by atoms with Crippen molar-refractivity contribution in [3.05, 3.63) is 71.8 Å². The molecule has 1 fully saturated rings. The summed E-state index contributed by atoms with van der Waals surface area (Å²) in [6, 6.07) is 19.4. The Labute approximate surface area is 167 Å². The quantitative estimate of drug-likeness (QED) is 0.483. The van der Waals surface area contributed by atoms with Gasteiger partial charge in [-0.1, -0.05) is 74.5 Å². The number of thiol groups is 1. The van der Waals surface area contributed by atoms with E-state index in [0.717, 1.165) is 18.7 Å². The van der Waals surface area contributed by atoms with Crippen molar-refractivity contribution in [2.24, 2.45) is 5.92 Å². The van der Waals surface area contributed by atoms with Crippen molar-refractivity contribution in [2.45, 2.75) is 32.4 Å². The molecule has 3 rings (SSSR count). The van der Waals surface area contributed by atoms with Gasteiger partial charge >= 0.3 is 0 Å². The summed E-state index contributed by atoms with van der Waals surface area (Å²) in [6.45, 7) is 6.16.